The van der Waals surface area contributed by atoms with Crippen molar-refractivity contribution in [2.24, 2.45) is 0 Å². The molecule has 0 saturated heterocycles. The lowest BCUT2D eigenvalue weighted by atomic mass is 10.2. The van der Waals surface area contributed by atoms with E-state index in [0.717, 1.165) is 12.0 Å². The Morgan fingerprint density at radius 1 is 1.19 bits per heavy atom. The molecule has 146 valence electrons. The first kappa shape index (κ1) is 22.0. The summed E-state index contributed by atoms with van der Waals surface area (Å²) in [5.41, 5.74) is 1.16. The fourth-order valence-electron chi connectivity index (χ4n) is 2.36. The van der Waals surface area contributed by atoms with Gasteiger partial charge in [-0.1, -0.05) is 19.1 Å². The van der Waals surface area contributed by atoms with Crippen molar-refractivity contribution in [1.82, 2.24) is 4.90 Å². The number of carbonyl (C=O) groups excluding carboxylic acids is 2. The zero-order valence-electron chi connectivity index (χ0n) is 16.3. The monoisotopic (exact) mass is 365 g/mol. The molecule has 6 nitrogen and oxygen atoms in total. The van der Waals surface area contributed by atoms with Crippen molar-refractivity contribution in [2.75, 3.05) is 33.4 Å². The smallest absolute Gasteiger partial charge is 0.307 e. The molecule has 0 N–H and O–H groups in total. The Bertz CT molecular complexity index is 559. The van der Waals surface area contributed by atoms with E-state index in [9.17, 15) is 9.59 Å². The number of hydrogen-bond acceptors (Lipinski definition) is 5. The summed E-state index contributed by atoms with van der Waals surface area (Å²) in [5, 5.41) is 0. The van der Waals surface area contributed by atoms with Gasteiger partial charge in [0.2, 0.25) is 0 Å². The van der Waals surface area contributed by atoms with Crippen LogP contribution in [0.1, 0.15) is 39.2 Å². The summed E-state index contributed by atoms with van der Waals surface area (Å²) < 4.78 is 15.8. The zero-order chi connectivity index (χ0) is 19.4. The Hall–Kier alpha value is -2.08. The van der Waals surface area contributed by atoms with Crippen LogP contribution in [0, 0.1) is 0 Å². The van der Waals surface area contributed by atoms with E-state index in [0.29, 0.717) is 31.9 Å². The van der Waals surface area contributed by atoms with E-state index in [1.165, 1.54) is 7.11 Å². The quantitative estimate of drug-likeness (QED) is 0.421. The molecule has 0 bridgehead atoms. The van der Waals surface area contributed by atoms with Gasteiger partial charge in [0, 0.05) is 19.7 Å². The van der Waals surface area contributed by atoms with Crippen LogP contribution in [0.25, 0.3) is 0 Å². The summed E-state index contributed by atoms with van der Waals surface area (Å²) in [4.78, 5) is 25.5. The van der Waals surface area contributed by atoms with Crippen LogP contribution in [0.4, 0.5) is 0 Å². The van der Waals surface area contributed by atoms with Crippen molar-refractivity contribution in [3.63, 3.8) is 0 Å². The van der Waals surface area contributed by atoms with E-state index in [1.54, 1.807) is 4.90 Å². The Labute approximate surface area is 156 Å². The van der Waals surface area contributed by atoms with Crippen molar-refractivity contribution in [2.45, 2.75) is 46.1 Å². The van der Waals surface area contributed by atoms with Crippen molar-refractivity contribution in [1.29, 1.82) is 0 Å². The lowest BCUT2D eigenvalue weighted by molar-refractivity contribution is -0.142. The molecular formula is C20H31NO5. The van der Waals surface area contributed by atoms with Gasteiger partial charge in [-0.3, -0.25) is 9.59 Å². The van der Waals surface area contributed by atoms with Gasteiger partial charge in [-0.25, -0.2) is 0 Å². The highest BCUT2D eigenvalue weighted by Crippen LogP contribution is 2.14. The maximum Gasteiger partial charge on any atom is 0.307 e. The summed E-state index contributed by atoms with van der Waals surface area (Å²) in [6.45, 7) is 7.35. The average Bonchev–Trinajstić information content (AvgIpc) is 2.65. The fourth-order valence-corrected chi connectivity index (χ4v) is 2.36. The number of hydrogen-bond donors (Lipinski definition) is 0. The highest BCUT2D eigenvalue weighted by Gasteiger charge is 2.16. The van der Waals surface area contributed by atoms with Crippen LogP contribution in [-0.2, 0) is 25.5 Å². The van der Waals surface area contributed by atoms with Gasteiger partial charge in [0.15, 0.2) is 6.61 Å². The molecule has 0 unspecified atom stereocenters. The number of methoxy groups -OCH3 is 1. The van der Waals surface area contributed by atoms with E-state index >= 15 is 0 Å². The molecule has 1 rings (SSSR count). The first-order valence-electron chi connectivity index (χ1n) is 9.14. The van der Waals surface area contributed by atoms with Gasteiger partial charge < -0.3 is 19.1 Å². The molecule has 0 radical (unpaired) electrons. The second-order valence-electron chi connectivity index (χ2n) is 6.27. The summed E-state index contributed by atoms with van der Waals surface area (Å²) in [6, 6.07) is 7.70. The number of amides is 1. The first-order valence-corrected chi connectivity index (χ1v) is 9.14. The summed E-state index contributed by atoms with van der Waals surface area (Å²) in [7, 11) is 1.34. The van der Waals surface area contributed by atoms with Gasteiger partial charge in [-0.05, 0) is 44.4 Å². The number of nitrogens with zero attached hydrogens (tertiary/aromatic N) is 1. The minimum absolute atomic E-state index is 0.0562. The highest BCUT2D eigenvalue weighted by molar-refractivity contribution is 5.78. The van der Waals surface area contributed by atoms with Gasteiger partial charge in [0.05, 0.1) is 19.6 Å². The molecule has 6 heteroatoms. The van der Waals surface area contributed by atoms with Gasteiger partial charge in [-0.15, -0.1) is 0 Å². The molecule has 0 aliphatic carbocycles. The molecule has 0 aliphatic heterocycles. The number of carbonyl (C=O) groups is 2. The van der Waals surface area contributed by atoms with Crippen LogP contribution in [0.15, 0.2) is 24.3 Å². The van der Waals surface area contributed by atoms with E-state index in [-0.39, 0.29) is 31.0 Å². The molecule has 0 aliphatic rings. The first-order chi connectivity index (χ1) is 12.5. The maximum absolute atomic E-state index is 12.5. The predicted molar refractivity (Wildman–Crippen MR) is 100 cm³/mol. The van der Waals surface area contributed by atoms with Crippen LogP contribution >= 0.6 is 0 Å². The number of rotatable bonds is 12. The number of aryl methyl sites for hydroxylation is 1. The molecule has 1 amide bonds. The Kier molecular flexibility index (Phi) is 10.4. The Balaban J connectivity index is 2.55. The molecule has 0 atom stereocenters. The average molecular weight is 365 g/mol. The minimum Gasteiger partial charge on any atom is -0.484 e. The molecule has 0 spiro atoms. The lowest BCUT2D eigenvalue weighted by Gasteiger charge is -2.22. The molecule has 1 aromatic rings. The third-order valence-corrected chi connectivity index (χ3v) is 3.86. The third kappa shape index (κ3) is 8.85. The molecule has 0 fully saturated rings. The molecule has 0 saturated carbocycles. The summed E-state index contributed by atoms with van der Waals surface area (Å²) >= 11 is 0. The second kappa shape index (κ2) is 12.3. The topological polar surface area (TPSA) is 65.1 Å². The van der Waals surface area contributed by atoms with Gasteiger partial charge in [0.1, 0.15) is 5.75 Å². The van der Waals surface area contributed by atoms with Gasteiger partial charge in [0.25, 0.3) is 5.91 Å². The van der Waals surface area contributed by atoms with Crippen LogP contribution in [0.5, 0.6) is 5.75 Å². The number of benzene rings is 1. The number of esters is 1. The van der Waals surface area contributed by atoms with E-state index in [1.807, 2.05) is 38.1 Å². The largest absolute Gasteiger partial charge is 0.484 e. The highest BCUT2D eigenvalue weighted by atomic mass is 16.5. The van der Waals surface area contributed by atoms with Crippen molar-refractivity contribution in [3.8, 4) is 5.75 Å². The van der Waals surface area contributed by atoms with E-state index < -0.39 is 0 Å². The van der Waals surface area contributed by atoms with E-state index in [2.05, 4.69) is 11.7 Å². The minimum atomic E-state index is -0.335. The predicted octanol–water partition coefficient (Wildman–Crippen LogP) is 2.83. The van der Waals surface area contributed by atoms with Gasteiger partial charge >= 0.3 is 5.97 Å². The van der Waals surface area contributed by atoms with Gasteiger partial charge in [-0.2, -0.15) is 0 Å². The molecule has 0 aromatic heterocycles. The number of ether oxygens (including phenoxy) is 3. The third-order valence-electron chi connectivity index (χ3n) is 3.86. The molecule has 1 aromatic carbocycles. The summed E-state index contributed by atoms with van der Waals surface area (Å²) in [5.74, 6) is 0.187. The van der Waals surface area contributed by atoms with Crippen molar-refractivity contribution >= 4 is 11.9 Å². The normalized spacial score (nSPS) is 10.7. The molecule has 26 heavy (non-hydrogen) atoms. The lowest BCUT2D eigenvalue weighted by Crippen LogP contribution is -2.37. The van der Waals surface area contributed by atoms with E-state index in [4.69, 9.17) is 9.47 Å². The standard InChI is InChI=1S/C20H31NO5/c1-5-17-8-6-9-18(14-17)26-15-19(22)21(12-10-20(23)24-4)11-7-13-25-16(2)3/h6,8-9,14,16H,5,7,10-13,15H2,1-4H3. The molecule has 0 heterocycles. The second-order valence-corrected chi connectivity index (χ2v) is 6.27. The van der Waals surface area contributed by atoms with Crippen LogP contribution in [-0.4, -0.2) is 56.3 Å². The maximum atomic E-state index is 12.5. The summed E-state index contributed by atoms with van der Waals surface area (Å²) in [6.07, 6.45) is 1.93. The van der Waals surface area contributed by atoms with Crippen LogP contribution in [0.2, 0.25) is 0 Å². The van der Waals surface area contributed by atoms with Crippen molar-refractivity contribution < 1.29 is 23.8 Å². The Morgan fingerprint density at radius 3 is 2.62 bits per heavy atom. The fraction of sp³-hybridized carbons (Fsp3) is 0.600. The zero-order valence-corrected chi connectivity index (χ0v) is 16.3. The Morgan fingerprint density at radius 2 is 1.96 bits per heavy atom. The molecular weight excluding hydrogens is 334 g/mol. The van der Waals surface area contributed by atoms with Crippen LogP contribution < -0.4 is 4.74 Å². The van der Waals surface area contributed by atoms with Crippen LogP contribution in [0.3, 0.4) is 0 Å². The SMILES string of the molecule is CCc1cccc(OCC(=O)N(CCCOC(C)C)CCC(=O)OC)c1. The van der Waals surface area contributed by atoms with Crippen molar-refractivity contribution in [3.05, 3.63) is 29.8 Å².